The average Bonchev–Trinajstić information content (AvgIpc) is 2.87. The minimum absolute atomic E-state index is 0.486. The number of rotatable bonds is 4. The second-order valence-corrected chi connectivity index (χ2v) is 3.66. The van der Waals surface area contributed by atoms with Crippen LogP contribution >= 0.6 is 0 Å². The summed E-state index contributed by atoms with van der Waals surface area (Å²) in [6.45, 7) is 4.40. The minimum Gasteiger partial charge on any atom is -0.444 e. The zero-order valence-electron chi connectivity index (χ0n) is 9.36. The molecule has 0 spiro atoms. The molecule has 4 nitrogen and oxygen atoms in total. The Morgan fingerprint density at radius 2 is 2.06 bits per heavy atom. The molecule has 2 rings (SSSR count). The fourth-order valence-electron chi connectivity index (χ4n) is 1.69. The van der Waals surface area contributed by atoms with E-state index in [9.17, 15) is 4.79 Å². The Labute approximate surface area is 93.9 Å². The second kappa shape index (κ2) is 4.26. The van der Waals surface area contributed by atoms with Crippen LogP contribution < -0.4 is 5.32 Å². The van der Waals surface area contributed by atoms with Crippen LogP contribution in [0.4, 0.5) is 0 Å². The van der Waals surface area contributed by atoms with E-state index < -0.39 is 0 Å². The minimum atomic E-state index is 0.486. The number of aromatic nitrogens is 1. The van der Waals surface area contributed by atoms with Crippen molar-refractivity contribution < 1.29 is 9.21 Å². The number of carbonyl (C=O) groups excluding carboxylic acids is 1. The fraction of sp³-hybridized carbons (Fsp3) is 0.250. The van der Waals surface area contributed by atoms with Crippen LogP contribution in [-0.4, -0.2) is 11.0 Å². The van der Waals surface area contributed by atoms with Gasteiger partial charge in [0.25, 0.3) is 0 Å². The van der Waals surface area contributed by atoms with Gasteiger partial charge in [-0.05, 0) is 31.5 Å². The van der Waals surface area contributed by atoms with Gasteiger partial charge in [-0.3, -0.25) is 9.36 Å². The van der Waals surface area contributed by atoms with Crippen LogP contribution in [0.15, 0.2) is 28.9 Å². The molecule has 0 aliphatic rings. The lowest BCUT2D eigenvalue weighted by Gasteiger charge is -2.03. The Morgan fingerprint density at radius 3 is 2.69 bits per heavy atom. The van der Waals surface area contributed by atoms with Gasteiger partial charge in [-0.25, -0.2) is 0 Å². The SMILES string of the molecule is Cc1oc(-n2cccc2)c(CNC=O)c1C. The van der Waals surface area contributed by atoms with Gasteiger partial charge in [0.2, 0.25) is 12.3 Å². The number of furan rings is 1. The third-order valence-electron chi connectivity index (χ3n) is 2.69. The van der Waals surface area contributed by atoms with Crippen LogP contribution in [-0.2, 0) is 11.3 Å². The number of aryl methyl sites for hydroxylation is 1. The van der Waals surface area contributed by atoms with E-state index in [4.69, 9.17) is 4.42 Å². The zero-order chi connectivity index (χ0) is 11.5. The molecule has 0 atom stereocenters. The average molecular weight is 218 g/mol. The lowest BCUT2D eigenvalue weighted by Crippen LogP contribution is -2.11. The number of amides is 1. The molecule has 0 unspecified atom stereocenters. The van der Waals surface area contributed by atoms with Crippen molar-refractivity contribution in [3.05, 3.63) is 41.4 Å². The first-order valence-corrected chi connectivity index (χ1v) is 5.13. The molecular formula is C12H14N2O2. The zero-order valence-corrected chi connectivity index (χ0v) is 9.36. The molecule has 4 heteroatoms. The third-order valence-corrected chi connectivity index (χ3v) is 2.69. The van der Waals surface area contributed by atoms with Gasteiger partial charge in [-0.15, -0.1) is 0 Å². The van der Waals surface area contributed by atoms with Crippen molar-refractivity contribution in [2.24, 2.45) is 0 Å². The van der Waals surface area contributed by atoms with E-state index in [1.807, 2.05) is 42.9 Å². The van der Waals surface area contributed by atoms with E-state index in [-0.39, 0.29) is 0 Å². The molecule has 0 saturated carbocycles. The summed E-state index contributed by atoms with van der Waals surface area (Å²) in [5.41, 5.74) is 2.10. The maximum atomic E-state index is 10.3. The van der Waals surface area contributed by atoms with Crippen molar-refractivity contribution in [2.75, 3.05) is 0 Å². The second-order valence-electron chi connectivity index (χ2n) is 3.66. The number of hydrogen-bond donors (Lipinski definition) is 1. The highest BCUT2D eigenvalue weighted by molar-refractivity contribution is 5.49. The van der Waals surface area contributed by atoms with Crippen LogP contribution in [0.25, 0.3) is 5.88 Å². The summed E-state index contributed by atoms with van der Waals surface area (Å²) in [6, 6.07) is 3.87. The summed E-state index contributed by atoms with van der Waals surface area (Å²) < 4.78 is 7.60. The molecule has 16 heavy (non-hydrogen) atoms. The van der Waals surface area contributed by atoms with E-state index in [0.717, 1.165) is 22.8 Å². The Hall–Kier alpha value is -1.97. The summed E-state index contributed by atoms with van der Waals surface area (Å²) in [5.74, 6) is 1.65. The number of hydrogen-bond acceptors (Lipinski definition) is 2. The first-order valence-electron chi connectivity index (χ1n) is 5.13. The normalized spacial score (nSPS) is 10.4. The lowest BCUT2D eigenvalue weighted by molar-refractivity contribution is -0.109. The summed E-state index contributed by atoms with van der Waals surface area (Å²) >= 11 is 0. The number of carbonyl (C=O) groups is 1. The monoisotopic (exact) mass is 218 g/mol. The molecule has 0 saturated heterocycles. The first kappa shape index (κ1) is 10.5. The molecule has 0 aliphatic heterocycles. The van der Waals surface area contributed by atoms with E-state index in [2.05, 4.69) is 5.32 Å². The van der Waals surface area contributed by atoms with Gasteiger partial charge in [-0.2, -0.15) is 0 Å². The highest BCUT2D eigenvalue weighted by Gasteiger charge is 2.14. The summed E-state index contributed by atoms with van der Waals surface area (Å²) in [4.78, 5) is 10.3. The predicted octanol–water partition coefficient (Wildman–Crippen LogP) is 1.93. The number of nitrogens with one attached hydrogen (secondary N) is 1. The largest absolute Gasteiger partial charge is 0.444 e. The Bertz CT molecular complexity index is 483. The molecule has 0 radical (unpaired) electrons. The van der Waals surface area contributed by atoms with E-state index in [0.29, 0.717) is 13.0 Å². The topological polar surface area (TPSA) is 47.2 Å². The predicted molar refractivity (Wildman–Crippen MR) is 60.4 cm³/mol. The van der Waals surface area contributed by atoms with Crippen molar-refractivity contribution in [3.8, 4) is 5.88 Å². The first-order chi connectivity index (χ1) is 7.74. The van der Waals surface area contributed by atoms with E-state index in [1.165, 1.54) is 0 Å². The molecule has 0 bridgehead atoms. The third kappa shape index (κ3) is 1.74. The van der Waals surface area contributed by atoms with Crippen molar-refractivity contribution in [1.29, 1.82) is 0 Å². The molecule has 0 aliphatic carbocycles. The Morgan fingerprint density at radius 1 is 1.38 bits per heavy atom. The van der Waals surface area contributed by atoms with Crippen molar-refractivity contribution in [3.63, 3.8) is 0 Å². The van der Waals surface area contributed by atoms with Gasteiger partial charge >= 0.3 is 0 Å². The van der Waals surface area contributed by atoms with Gasteiger partial charge in [0.05, 0.1) is 0 Å². The standard InChI is InChI=1S/C12H14N2O2/c1-9-10(2)16-12(11(9)7-13-8-15)14-5-3-4-6-14/h3-6,8H,7H2,1-2H3,(H,13,15). The molecule has 84 valence electrons. The van der Waals surface area contributed by atoms with Crippen LogP contribution in [0.5, 0.6) is 0 Å². The van der Waals surface area contributed by atoms with Gasteiger partial charge < -0.3 is 9.73 Å². The van der Waals surface area contributed by atoms with E-state index >= 15 is 0 Å². The fourth-order valence-corrected chi connectivity index (χ4v) is 1.69. The van der Waals surface area contributed by atoms with Crippen molar-refractivity contribution in [2.45, 2.75) is 20.4 Å². The van der Waals surface area contributed by atoms with Crippen LogP contribution in [0, 0.1) is 13.8 Å². The summed E-state index contributed by atoms with van der Waals surface area (Å²) in [5, 5.41) is 2.67. The summed E-state index contributed by atoms with van der Waals surface area (Å²) in [7, 11) is 0. The highest BCUT2D eigenvalue weighted by atomic mass is 16.4. The van der Waals surface area contributed by atoms with Gasteiger partial charge in [0.15, 0.2) is 0 Å². The van der Waals surface area contributed by atoms with E-state index in [1.54, 1.807) is 0 Å². The molecule has 2 heterocycles. The molecule has 1 amide bonds. The van der Waals surface area contributed by atoms with Crippen molar-refractivity contribution >= 4 is 6.41 Å². The highest BCUT2D eigenvalue weighted by Crippen LogP contribution is 2.24. The Kier molecular flexibility index (Phi) is 2.81. The van der Waals surface area contributed by atoms with Crippen LogP contribution in [0.2, 0.25) is 0 Å². The van der Waals surface area contributed by atoms with Gasteiger partial charge in [-0.1, -0.05) is 0 Å². The quantitative estimate of drug-likeness (QED) is 0.797. The smallest absolute Gasteiger partial charge is 0.208 e. The van der Waals surface area contributed by atoms with Gasteiger partial charge in [0, 0.05) is 24.5 Å². The van der Waals surface area contributed by atoms with Crippen molar-refractivity contribution in [1.82, 2.24) is 9.88 Å². The molecule has 1 N–H and O–H groups in total. The number of nitrogens with zero attached hydrogens (tertiary/aromatic N) is 1. The molecule has 0 aromatic carbocycles. The maximum absolute atomic E-state index is 10.3. The molecular weight excluding hydrogens is 204 g/mol. The maximum Gasteiger partial charge on any atom is 0.208 e. The molecule has 2 aromatic rings. The molecule has 2 aromatic heterocycles. The van der Waals surface area contributed by atoms with Gasteiger partial charge in [0.1, 0.15) is 5.76 Å². The van der Waals surface area contributed by atoms with Crippen LogP contribution in [0.1, 0.15) is 16.9 Å². The molecule has 0 fully saturated rings. The van der Waals surface area contributed by atoms with Crippen LogP contribution in [0.3, 0.4) is 0 Å². The lowest BCUT2D eigenvalue weighted by atomic mass is 10.1. The Balaban J connectivity index is 2.44. The summed E-state index contributed by atoms with van der Waals surface area (Å²) in [6.07, 6.45) is 4.53.